The lowest BCUT2D eigenvalue weighted by molar-refractivity contribution is -0.389. The topological polar surface area (TPSA) is 76.3 Å². The number of aliphatic hydroxyl groups is 1. The molecular weight excluding hydrogens is 208 g/mol. The Balaban J connectivity index is 2.14. The number of hydrogen-bond donors (Lipinski definition) is 1. The zero-order valence-electron chi connectivity index (χ0n) is 8.87. The number of aromatic nitrogens is 1. The molecule has 0 amide bonds. The van der Waals surface area contributed by atoms with Crippen molar-refractivity contribution < 1.29 is 10.0 Å². The van der Waals surface area contributed by atoms with Crippen molar-refractivity contribution in [3.63, 3.8) is 0 Å². The van der Waals surface area contributed by atoms with Crippen molar-refractivity contribution in [2.24, 2.45) is 0 Å². The molecule has 0 saturated heterocycles. The van der Waals surface area contributed by atoms with Gasteiger partial charge in [-0.3, -0.25) is 0 Å². The average Bonchev–Trinajstić information content (AvgIpc) is 2.30. The maximum Gasteiger partial charge on any atom is 0.363 e. The minimum atomic E-state index is -0.471. The van der Waals surface area contributed by atoms with Crippen LogP contribution in [0.3, 0.4) is 0 Å². The smallest absolute Gasteiger partial charge is 0.363 e. The summed E-state index contributed by atoms with van der Waals surface area (Å²) >= 11 is 0. The maximum atomic E-state index is 10.6. The SMILES string of the molecule is O=[N+]([O-])c1cc(C2CCC(O)CC2)ccn1. The van der Waals surface area contributed by atoms with E-state index in [1.807, 2.05) is 6.07 Å². The molecule has 1 aromatic rings. The molecule has 0 radical (unpaired) electrons. The quantitative estimate of drug-likeness (QED) is 0.613. The summed E-state index contributed by atoms with van der Waals surface area (Å²) in [6.07, 6.45) is 4.62. The van der Waals surface area contributed by atoms with Crippen molar-refractivity contribution in [2.75, 3.05) is 0 Å². The predicted octanol–water partition coefficient (Wildman–Crippen LogP) is 2.01. The Labute approximate surface area is 93.3 Å². The molecular formula is C11H14N2O3. The largest absolute Gasteiger partial charge is 0.393 e. The van der Waals surface area contributed by atoms with Gasteiger partial charge in [0.25, 0.3) is 0 Å². The Morgan fingerprint density at radius 2 is 2.06 bits per heavy atom. The van der Waals surface area contributed by atoms with E-state index in [1.165, 1.54) is 6.20 Å². The lowest BCUT2D eigenvalue weighted by Gasteiger charge is -2.25. The Hall–Kier alpha value is -1.49. The van der Waals surface area contributed by atoms with Gasteiger partial charge in [-0.25, -0.2) is 0 Å². The summed E-state index contributed by atoms with van der Waals surface area (Å²) in [7, 11) is 0. The van der Waals surface area contributed by atoms with Crippen LogP contribution in [0.2, 0.25) is 0 Å². The first-order valence-corrected chi connectivity index (χ1v) is 5.45. The molecule has 1 fully saturated rings. The van der Waals surface area contributed by atoms with Crippen LogP contribution < -0.4 is 0 Å². The van der Waals surface area contributed by atoms with Gasteiger partial charge < -0.3 is 15.2 Å². The molecule has 5 heteroatoms. The van der Waals surface area contributed by atoms with Gasteiger partial charge >= 0.3 is 5.82 Å². The lowest BCUT2D eigenvalue weighted by atomic mass is 9.83. The fourth-order valence-electron chi connectivity index (χ4n) is 2.20. The van der Waals surface area contributed by atoms with E-state index >= 15 is 0 Å². The third-order valence-electron chi connectivity index (χ3n) is 3.12. The summed E-state index contributed by atoms with van der Waals surface area (Å²) < 4.78 is 0. The molecule has 5 nitrogen and oxygen atoms in total. The van der Waals surface area contributed by atoms with Crippen LogP contribution in [0.25, 0.3) is 0 Å². The molecule has 86 valence electrons. The third kappa shape index (κ3) is 2.36. The third-order valence-corrected chi connectivity index (χ3v) is 3.12. The Kier molecular flexibility index (Phi) is 3.14. The number of nitro groups is 1. The van der Waals surface area contributed by atoms with Crippen LogP contribution in [-0.4, -0.2) is 21.1 Å². The highest BCUT2D eigenvalue weighted by Gasteiger charge is 2.22. The van der Waals surface area contributed by atoms with Gasteiger partial charge in [0.2, 0.25) is 0 Å². The lowest BCUT2D eigenvalue weighted by Crippen LogP contribution is -2.17. The van der Waals surface area contributed by atoms with Gasteiger partial charge in [0.1, 0.15) is 6.20 Å². The van der Waals surface area contributed by atoms with E-state index in [-0.39, 0.29) is 11.9 Å². The zero-order valence-corrected chi connectivity index (χ0v) is 8.87. The van der Waals surface area contributed by atoms with Gasteiger partial charge in [0, 0.05) is 6.07 Å². The first-order chi connectivity index (χ1) is 7.66. The van der Waals surface area contributed by atoms with Crippen LogP contribution in [0.1, 0.15) is 37.2 Å². The summed E-state index contributed by atoms with van der Waals surface area (Å²) in [5.74, 6) is 0.230. The minimum absolute atomic E-state index is 0.0939. The predicted molar refractivity (Wildman–Crippen MR) is 58.1 cm³/mol. The monoisotopic (exact) mass is 222 g/mol. The van der Waals surface area contributed by atoms with E-state index in [4.69, 9.17) is 0 Å². The molecule has 0 bridgehead atoms. The van der Waals surface area contributed by atoms with Crippen LogP contribution in [0, 0.1) is 10.1 Å². The molecule has 2 rings (SSSR count). The van der Waals surface area contributed by atoms with Crippen LogP contribution in [0.4, 0.5) is 5.82 Å². The van der Waals surface area contributed by atoms with Gasteiger partial charge in [-0.05, 0) is 53.1 Å². The normalized spacial score (nSPS) is 25.3. The summed E-state index contributed by atoms with van der Waals surface area (Å²) in [6, 6.07) is 3.37. The van der Waals surface area contributed by atoms with Gasteiger partial charge in [-0.1, -0.05) is 0 Å². The standard InChI is InChI=1S/C11H14N2O3/c14-10-3-1-8(2-4-10)9-5-6-12-11(7-9)13(15)16/h5-8,10,14H,1-4H2. The van der Waals surface area contributed by atoms with E-state index in [0.29, 0.717) is 5.92 Å². The molecule has 1 heterocycles. The van der Waals surface area contributed by atoms with Gasteiger partial charge in [0.05, 0.1) is 6.10 Å². The molecule has 1 aliphatic rings. The van der Waals surface area contributed by atoms with E-state index in [1.54, 1.807) is 6.07 Å². The van der Waals surface area contributed by atoms with Crippen molar-refractivity contribution in [3.05, 3.63) is 34.0 Å². The summed E-state index contributed by atoms with van der Waals surface area (Å²) in [5.41, 5.74) is 0.966. The first kappa shape index (κ1) is 11.0. The van der Waals surface area contributed by atoms with Crippen LogP contribution in [-0.2, 0) is 0 Å². The summed E-state index contributed by atoms with van der Waals surface area (Å²) in [6.45, 7) is 0. The number of hydrogen-bond acceptors (Lipinski definition) is 4. The molecule has 0 aromatic carbocycles. The van der Waals surface area contributed by atoms with Gasteiger partial charge in [0.15, 0.2) is 0 Å². The molecule has 1 N–H and O–H groups in total. The number of aliphatic hydroxyl groups excluding tert-OH is 1. The number of nitrogens with zero attached hydrogens (tertiary/aromatic N) is 2. The van der Waals surface area contributed by atoms with E-state index in [9.17, 15) is 15.2 Å². The van der Waals surface area contributed by atoms with Gasteiger partial charge in [-0.2, -0.15) is 0 Å². The van der Waals surface area contributed by atoms with Gasteiger partial charge in [-0.15, -0.1) is 0 Å². The van der Waals surface area contributed by atoms with Crippen molar-refractivity contribution >= 4 is 5.82 Å². The second-order valence-corrected chi connectivity index (χ2v) is 4.21. The highest BCUT2D eigenvalue weighted by Crippen LogP contribution is 2.33. The number of rotatable bonds is 2. The van der Waals surface area contributed by atoms with Crippen molar-refractivity contribution in [2.45, 2.75) is 37.7 Å². The van der Waals surface area contributed by atoms with Crippen molar-refractivity contribution in [1.82, 2.24) is 4.98 Å². The number of pyridine rings is 1. The Morgan fingerprint density at radius 3 is 2.69 bits per heavy atom. The maximum absolute atomic E-state index is 10.6. The average molecular weight is 222 g/mol. The molecule has 0 aliphatic heterocycles. The summed E-state index contributed by atoms with van der Waals surface area (Å²) in [4.78, 5) is 13.8. The van der Waals surface area contributed by atoms with E-state index < -0.39 is 4.92 Å². The van der Waals surface area contributed by atoms with Crippen molar-refractivity contribution in [1.29, 1.82) is 0 Å². The molecule has 16 heavy (non-hydrogen) atoms. The Bertz CT molecular complexity index is 387. The molecule has 0 atom stereocenters. The van der Waals surface area contributed by atoms with Crippen molar-refractivity contribution in [3.8, 4) is 0 Å². The minimum Gasteiger partial charge on any atom is -0.393 e. The molecule has 1 aromatic heterocycles. The molecule has 1 saturated carbocycles. The van der Waals surface area contributed by atoms with Crippen LogP contribution in [0.15, 0.2) is 18.3 Å². The van der Waals surface area contributed by atoms with Crippen LogP contribution in [0.5, 0.6) is 0 Å². The highest BCUT2D eigenvalue weighted by molar-refractivity contribution is 5.28. The Morgan fingerprint density at radius 1 is 1.38 bits per heavy atom. The highest BCUT2D eigenvalue weighted by atomic mass is 16.6. The van der Waals surface area contributed by atoms with E-state index in [0.717, 1.165) is 31.2 Å². The fourth-order valence-corrected chi connectivity index (χ4v) is 2.20. The molecule has 1 aliphatic carbocycles. The zero-order chi connectivity index (χ0) is 11.5. The fraction of sp³-hybridized carbons (Fsp3) is 0.545. The second-order valence-electron chi connectivity index (χ2n) is 4.21. The molecule has 0 spiro atoms. The first-order valence-electron chi connectivity index (χ1n) is 5.45. The summed E-state index contributed by atoms with van der Waals surface area (Å²) in [5, 5.41) is 20.0. The van der Waals surface area contributed by atoms with E-state index in [2.05, 4.69) is 4.98 Å². The molecule has 0 unspecified atom stereocenters. The second kappa shape index (κ2) is 4.57. The van der Waals surface area contributed by atoms with Crippen LogP contribution >= 0.6 is 0 Å².